The highest BCUT2D eigenvalue weighted by Crippen LogP contribution is 2.24. The standard InChI is InChI=1S/C18H23BN3O2P/c1-11(25)10-24-17-6-12-5-16(22(4)15(12)7-14(17)19)18(23)13(8-20)9-21(2)3/h5-7,9,11H,10,19,25H2,1-4H3/b13-9+. The van der Waals surface area contributed by atoms with Gasteiger partial charge in [0, 0.05) is 43.9 Å². The van der Waals surface area contributed by atoms with Crippen LogP contribution in [0.1, 0.15) is 17.4 Å². The van der Waals surface area contributed by atoms with Crippen LogP contribution in [0.15, 0.2) is 30.0 Å². The number of Topliss-reactive ketones (excluding diaryl/α,β-unsaturated/α-hetero) is 1. The summed E-state index contributed by atoms with van der Waals surface area (Å²) in [6.45, 7) is 2.68. The predicted octanol–water partition coefficient (Wildman–Crippen LogP) is 1.23. The minimum Gasteiger partial charge on any atom is -0.494 e. The molecule has 2 rings (SSSR count). The maximum atomic E-state index is 12.7. The molecular weight excluding hydrogens is 332 g/mol. The highest BCUT2D eigenvalue weighted by atomic mass is 31.0. The Hall–Kier alpha value is -2.25. The van der Waals surface area contributed by atoms with Gasteiger partial charge in [-0.25, -0.2) is 0 Å². The molecule has 0 N–H and O–H groups in total. The molecule has 1 heterocycles. The summed E-state index contributed by atoms with van der Waals surface area (Å²) in [4.78, 5) is 14.4. The van der Waals surface area contributed by atoms with Crippen LogP contribution in [0.25, 0.3) is 10.9 Å². The van der Waals surface area contributed by atoms with Gasteiger partial charge in [0.2, 0.25) is 5.78 Å². The molecule has 25 heavy (non-hydrogen) atoms. The first-order valence-electron chi connectivity index (χ1n) is 8.06. The second kappa shape index (κ2) is 7.76. The number of hydrogen-bond donors (Lipinski definition) is 0. The van der Waals surface area contributed by atoms with E-state index in [0.29, 0.717) is 18.0 Å². The molecular formula is C18H23BN3O2P. The fourth-order valence-corrected chi connectivity index (χ4v) is 2.69. The van der Waals surface area contributed by atoms with Crippen LogP contribution in [0.5, 0.6) is 5.75 Å². The summed E-state index contributed by atoms with van der Waals surface area (Å²) in [7, 11) is 10.1. The molecule has 0 aliphatic carbocycles. The molecule has 0 fully saturated rings. The number of hydrogen-bond acceptors (Lipinski definition) is 4. The fourth-order valence-electron chi connectivity index (χ4n) is 2.60. The minimum absolute atomic E-state index is 0.112. The van der Waals surface area contributed by atoms with Crippen LogP contribution in [0.2, 0.25) is 0 Å². The van der Waals surface area contributed by atoms with E-state index in [1.54, 1.807) is 25.2 Å². The van der Waals surface area contributed by atoms with Gasteiger partial charge in [0.25, 0.3) is 0 Å². The second-order valence-corrected chi connectivity index (χ2v) is 7.64. The van der Waals surface area contributed by atoms with E-state index in [1.807, 2.05) is 43.7 Å². The Labute approximate surface area is 151 Å². The first-order valence-corrected chi connectivity index (χ1v) is 8.72. The Morgan fingerprint density at radius 1 is 1.48 bits per heavy atom. The first kappa shape index (κ1) is 19.1. The van der Waals surface area contributed by atoms with Gasteiger partial charge in [0.1, 0.15) is 25.2 Å². The summed E-state index contributed by atoms with van der Waals surface area (Å²) in [5.41, 5.74) is 2.91. The lowest BCUT2D eigenvalue weighted by molar-refractivity contribution is 0.103. The van der Waals surface area contributed by atoms with E-state index < -0.39 is 0 Å². The number of carbonyl (C=O) groups is 1. The van der Waals surface area contributed by atoms with E-state index in [4.69, 9.17) is 4.74 Å². The highest BCUT2D eigenvalue weighted by Gasteiger charge is 2.19. The number of nitrogens with zero attached hydrogens (tertiary/aromatic N) is 3. The van der Waals surface area contributed by atoms with E-state index in [-0.39, 0.29) is 11.4 Å². The number of benzene rings is 1. The van der Waals surface area contributed by atoms with Gasteiger partial charge in [-0.15, -0.1) is 9.24 Å². The molecule has 1 aromatic carbocycles. The summed E-state index contributed by atoms with van der Waals surface area (Å²) in [5.74, 6) is 0.532. The monoisotopic (exact) mass is 355 g/mol. The number of aromatic nitrogens is 1. The van der Waals surface area contributed by atoms with E-state index in [2.05, 4.69) is 16.2 Å². The topological polar surface area (TPSA) is 58.3 Å². The molecule has 0 bridgehead atoms. The highest BCUT2D eigenvalue weighted by molar-refractivity contribution is 7.17. The van der Waals surface area contributed by atoms with E-state index in [9.17, 15) is 10.1 Å². The maximum absolute atomic E-state index is 12.7. The van der Waals surface area contributed by atoms with Crippen molar-refractivity contribution in [3.8, 4) is 11.8 Å². The van der Waals surface area contributed by atoms with Crippen molar-refractivity contribution in [1.29, 1.82) is 5.26 Å². The number of ketones is 1. The van der Waals surface area contributed by atoms with Crippen molar-refractivity contribution in [3.05, 3.63) is 35.7 Å². The summed E-state index contributed by atoms with van der Waals surface area (Å²) >= 11 is 0. The molecule has 0 saturated carbocycles. The lowest BCUT2D eigenvalue weighted by Gasteiger charge is -2.12. The molecule has 0 aliphatic heterocycles. The normalized spacial score (nSPS) is 12.7. The summed E-state index contributed by atoms with van der Waals surface area (Å²) in [6.07, 6.45) is 1.54. The molecule has 7 heteroatoms. The average Bonchev–Trinajstić information content (AvgIpc) is 2.85. The van der Waals surface area contributed by atoms with E-state index in [1.165, 1.54) is 0 Å². The Morgan fingerprint density at radius 2 is 2.16 bits per heavy atom. The van der Waals surface area contributed by atoms with Gasteiger partial charge in [0.05, 0.1) is 12.3 Å². The molecule has 0 spiro atoms. The van der Waals surface area contributed by atoms with Crippen molar-refractivity contribution < 1.29 is 9.53 Å². The minimum atomic E-state index is -0.284. The summed E-state index contributed by atoms with van der Waals surface area (Å²) in [6, 6.07) is 7.77. The van der Waals surface area contributed by atoms with Gasteiger partial charge < -0.3 is 14.2 Å². The molecule has 2 unspecified atom stereocenters. The molecule has 130 valence electrons. The molecule has 1 aromatic heterocycles. The Bertz CT molecular complexity index is 879. The maximum Gasteiger partial charge on any atom is 0.221 e. The molecule has 2 aromatic rings. The largest absolute Gasteiger partial charge is 0.494 e. The van der Waals surface area contributed by atoms with Gasteiger partial charge >= 0.3 is 0 Å². The molecule has 0 amide bonds. The van der Waals surface area contributed by atoms with Crippen molar-refractivity contribution in [3.63, 3.8) is 0 Å². The lowest BCUT2D eigenvalue weighted by Crippen LogP contribution is -2.14. The zero-order chi connectivity index (χ0) is 18.7. The molecule has 0 saturated heterocycles. The average molecular weight is 355 g/mol. The number of allylic oxidation sites excluding steroid dienone is 1. The van der Waals surface area contributed by atoms with E-state index >= 15 is 0 Å². The third kappa shape index (κ3) is 4.24. The van der Waals surface area contributed by atoms with Crippen LogP contribution < -0.4 is 10.2 Å². The molecule has 0 radical (unpaired) electrons. The van der Waals surface area contributed by atoms with Crippen LogP contribution >= 0.6 is 9.24 Å². The lowest BCUT2D eigenvalue weighted by atomic mass is 9.94. The van der Waals surface area contributed by atoms with Crippen LogP contribution in [0.4, 0.5) is 0 Å². The number of ether oxygens (including phenoxy) is 1. The predicted molar refractivity (Wildman–Crippen MR) is 107 cm³/mol. The Kier molecular flexibility index (Phi) is 5.92. The van der Waals surface area contributed by atoms with Crippen LogP contribution in [0, 0.1) is 11.3 Å². The van der Waals surface area contributed by atoms with Gasteiger partial charge in [-0.1, -0.05) is 6.92 Å². The van der Waals surface area contributed by atoms with Crippen molar-refractivity contribution in [1.82, 2.24) is 9.47 Å². The second-order valence-electron chi connectivity index (χ2n) is 6.50. The number of aryl methyl sites for hydroxylation is 1. The van der Waals surface area contributed by atoms with Crippen LogP contribution in [-0.4, -0.2) is 49.5 Å². The van der Waals surface area contributed by atoms with Crippen LogP contribution in [0.3, 0.4) is 0 Å². The molecule has 5 nitrogen and oxygen atoms in total. The van der Waals surface area contributed by atoms with Gasteiger partial charge in [-0.2, -0.15) is 5.26 Å². The fraction of sp³-hybridized carbons (Fsp3) is 0.333. The first-order chi connectivity index (χ1) is 11.7. The van der Waals surface area contributed by atoms with E-state index in [0.717, 1.165) is 22.1 Å². The van der Waals surface area contributed by atoms with Crippen molar-refractivity contribution in [2.75, 3.05) is 20.7 Å². The van der Waals surface area contributed by atoms with Gasteiger partial charge in [-0.3, -0.25) is 4.79 Å². The molecule has 0 aliphatic rings. The van der Waals surface area contributed by atoms with Crippen LogP contribution in [-0.2, 0) is 7.05 Å². The quantitative estimate of drug-likeness (QED) is 0.257. The number of carbonyl (C=O) groups excluding carboxylic acids is 1. The summed E-state index contributed by atoms with van der Waals surface area (Å²) < 4.78 is 7.68. The van der Waals surface area contributed by atoms with Gasteiger partial charge in [-0.05, 0) is 23.7 Å². The third-order valence-corrected chi connectivity index (χ3v) is 4.02. The number of nitriles is 1. The summed E-state index contributed by atoms with van der Waals surface area (Å²) in [5, 5.41) is 10.2. The van der Waals surface area contributed by atoms with Crippen molar-refractivity contribution >= 4 is 39.2 Å². The van der Waals surface area contributed by atoms with Gasteiger partial charge in [0.15, 0.2) is 0 Å². The third-order valence-electron chi connectivity index (χ3n) is 3.83. The number of rotatable bonds is 6. The number of fused-ring (bicyclic) bond motifs is 1. The van der Waals surface area contributed by atoms with Crippen molar-refractivity contribution in [2.24, 2.45) is 7.05 Å². The zero-order valence-corrected chi connectivity index (χ0v) is 16.5. The Morgan fingerprint density at radius 3 is 2.72 bits per heavy atom. The Balaban J connectivity index is 2.48. The van der Waals surface area contributed by atoms with Crippen molar-refractivity contribution in [2.45, 2.75) is 12.6 Å². The smallest absolute Gasteiger partial charge is 0.221 e. The SMILES string of the molecule is Bc1cc2c(cc1OCC(C)P)cc(C(=O)/C(C#N)=C/N(C)C)n2C. The zero-order valence-electron chi connectivity index (χ0n) is 15.3. The molecule has 2 atom stereocenters.